The van der Waals surface area contributed by atoms with Gasteiger partial charge in [-0.25, -0.2) is 0 Å². The summed E-state index contributed by atoms with van der Waals surface area (Å²) in [6.07, 6.45) is 0. The van der Waals surface area contributed by atoms with E-state index in [-0.39, 0.29) is 18.3 Å². The van der Waals surface area contributed by atoms with Gasteiger partial charge in [-0.15, -0.1) is 12.4 Å². The molecule has 1 rings (SSSR count). The van der Waals surface area contributed by atoms with Gasteiger partial charge < -0.3 is 10.2 Å². The lowest BCUT2D eigenvalue weighted by Gasteiger charge is -2.27. The van der Waals surface area contributed by atoms with Crippen LogP contribution < -0.4 is 5.32 Å². The monoisotopic (exact) mass is 209 g/mol. The molecule has 0 aliphatic carbocycles. The number of nitrogens with zero attached hydrogens (tertiary/aromatic N) is 1. The van der Waals surface area contributed by atoms with Crippen molar-refractivity contribution in [3.63, 3.8) is 0 Å². The third-order valence-corrected chi connectivity index (χ3v) is 1.87. The van der Waals surface area contributed by atoms with Crippen LogP contribution in [0, 0.1) is 5.41 Å². The molecule has 0 aromatic rings. The van der Waals surface area contributed by atoms with E-state index in [2.05, 4.69) is 17.9 Å². The third kappa shape index (κ3) is 2.91. The highest BCUT2D eigenvalue weighted by atomic mass is 35.5. The summed E-state index contributed by atoms with van der Waals surface area (Å²) in [6, 6.07) is 0. The minimum atomic E-state index is -0.0113. The first-order valence-corrected chi connectivity index (χ1v) is 4.07. The molecule has 1 aliphatic heterocycles. The van der Waals surface area contributed by atoms with Crippen molar-refractivity contribution in [2.75, 3.05) is 25.4 Å². The number of thiol groups is 1. The first kappa shape index (κ1) is 11.6. The van der Waals surface area contributed by atoms with E-state index >= 15 is 0 Å². The van der Waals surface area contributed by atoms with Crippen molar-refractivity contribution in [3.8, 4) is 0 Å². The first-order valence-electron chi connectivity index (χ1n) is 3.44. The summed E-state index contributed by atoms with van der Waals surface area (Å²) in [5.41, 5.74) is 0. The molecule has 12 heavy (non-hydrogen) atoms. The van der Waals surface area contributed by atoms with Gasteiger partial charge in [0.05, 0.1) is 6.54 Å². The van der Waals surface area contributed by atoms with Gasteiger partial charge in [-0.2, -0.15) is 12.6 Å². The van der Waals surface area contributed by atoms with E-state index in [1.54, 1.807) is 4.90 Å². The molecule has 1 fully saturated rings. The molecule has 1 amide bonds. The maximum absolute atomic E-state index is 10.8. The summed E-state index contributed by atoms with van der Waals surface area (Å²) >= 11 is 3.96. The van der Waals surface area contributed by atoms with Crippen molar-refractivity contribution in [2.24, 2.45) is 0 Å². The number of hydrogen-bond acceptors (Lipinski definition) is 3. The maximum Gasteiger partial charge on any atom is 0.239 e. The van der Waals surface area contributed by atoms with Gasteiger partial charge in [0.15, 0.2) is 0 Å². The van der Waals surface area contributed by atoms with Crippen molar-refractivity contribution >= 4 is 36.8 Å². The van der Waals surface area contributed by atoms with Gasteiger partial charge >= 0.3 is 0 Å². The van der Waals surface area contributed by atoms with E-state index in [4.69, 9.17) is 5.41 Å². The highest BCUT2D eigenvalue weighted by Crippen LogP contribution is 1.95. The van der Waals surface area contributed by atoms with Crippen LogP contribution in [0.3, 0.4) is 0 Å². The Balaban J connectivity index is 0.00000121. The van der Waals surface area contributed by atoms with Gasteiger partial charge in [0.25, 0.3) is 0 Å². The topological polar surface area (TPSA) is 56.2 Å². The third-order valence-electron chi connectivity index (χ3n) is 1.57. The molecule has 1 saturated heterocycles. The molecule has 0 atom stereocenters. The molecule has 0 radical (unpaired) electrons. The zero-order valence-corrected chi connectivity index (χ0v) is 8.25. The molecule has 1 heterocycles. The molecule has 6 heteroatoms. The lowest BCUT2D eigenvalue weighted by molar-refractivity contribution is -0.122. The Bertz CT molecular complexity index is 188. The minimum absolute atomic E-state index is 0. The van der Waals surface area contributed by atoms with Crippen LogP contribution in [-0.2, 0) is 4.79 Å². The number of piperazine rings is 1. The zero-order valence-electron chi connectivity index (χ0n) is 6.54. The second-order valence-electron chi connectivity index (χ2n) is 2.38. The van der Waals surface area contributed by atoms with Crippen molar-refractivity contribution in [1.29, 1.82) is 5.41 Å². The van der Waals surface area contributed by atoms with E-state index < -0.39 is 0 Å². The highest BCUT2D eigenvalue weighted by Gasteiger charge is 2.16. The van der Waals surface area contributed by atoms with Crippen LogP contribution in [0.15, 0.2) is 0 Å². The predicted octanol–water partition coefficient (Wildman–Crippen LogP) is -0.253. The molecule has 0 aromatic heterocycles. The van der Waals surface area contributed by atoms with Crippen LogP contribution in [-0.4, -0.2) is 42.0 Å². The van der Waals surface area contributed by atoms with Gasteiger partial charge in [0.1, 0.15) is 5.84 Å². The average Bonchev–Trinajstić information content (AvgIpc) is 2.03. The Hall–Kier alpha value is -0.420. The Morgan fingerprint density at radius 1 is 1.75 bits per heavy atom. The van der Waals surface area contributed by atoms with Crippen molar-refractivity contribution < 1.29 is 4.79 Å². The number of halogens is 1. The molecular formula is C6H12ClN3OS. The molecule has 0 bridgehead atoms. The molecule has 0 saturated carbocycles. The number of nitrogens with one attached hydrogen (secondary N) is 2. The van der Waals surface area contributed by atoms with Gasteiger partial charge in [0.2, 0.25) is 5.91 Å². The Labute approximate surface area is 83.0 Å². The minimum Gasteiger partial charge on any atom is -0.353 e. The van der Waals surface area contributed by atoms with Gasteiger partial charge in [-0.05, 0) is 0 Å². The van der Waals surface area contributed by atoms with Gasteiger partial charge in [-0.3, -0.25) is 10.2 Å². The van der Waals surface area contributed by atoms with Crippen molar-refractivity contribution in [1.82, 2.24) is 10.2 Å². The molecule has 1 aliphatic rings. The van der Waals surface area contributed by atoms with E-state index in [1.807, 2.05) is 0 Å². The fraction of sp³-hybridized carbons (Fsp3) is 0.667. The number of carbonyl (C=O) groups is 1. The molecular weight excluding hydrogens is 198 g/mol. The second-order valence-corrected chi connectivity index (χ2v) is 2.69. The Morgan fingerprint density at radius 3 is 2.92 bits per heavy atom. The van der Waals surface area contributed by atoms with Gasteiger partial charge in [-0.1, -0.05) is 0 Å². The lowest BCUT2D eigenvalue weighted by Crippen LogP contribution is -2.50. The number of hydrogen-bond donors (Lipinski definition) is 3. The summed E-state index contributed by atoms with van der Waals surface area (Å²) in [4.78, 5) is 12.5. The van der Waals surface area contributed by atoms with Crippen LogP contribution in [0.4, 0.5) is 0 Å². The van der Waals surface area contributed by atoms with Crippen molar-refractivity contribution in [2.45, 2.75) is 0 Å². The second kappa shape index (κ2) is 5.27. The average molecular weight is 210 g/mol. The number of amidine groups is 1. The molecule has 0 aromatic carbocycles. The summed E-state index contributed by atoms with van der Waals surface area (Å²) in [7, 11) is 0. The highest BCUT2D eigenvalue weighted by molar-refractivity contribution is 7.81. The van der Waals surface area contributed by atoms with E-state index in [0.29, 0.717) is 24.7 Å². The SMILES string of the molecule is Cl.N=C(CS)N1CCNC(=O)C1. The van der Waals surface area contributed by atoms with Crippen LogP contribution in [0.2, 0.25) is 0 Å². The first-order chi connectivity index (χ1) is 5.24. The van der Waals surface area contributed by atoms with E-state index in [0.717, 1.165) is 6.54 Å². The van der Waals surface area contributed by atoms with Crippen molar-refractivity contribution in [3.05, 3.63) is 0 Å². The van der Waals surface area contributed by atoms with Crippen LogP contribution >= 0.6 is 25.0 Å². The van der Waals surface area contributed by atoms with Crippen LogP contribution in [0.1, 0.15) is 0 Å². The number of carbonyl (C=O) groups excluding carboxylic acids is 1. The maximum atomic E-state index is 10.8. The molecule has 70 valence electrons. The summed E-state index contributed by atoms with van der Waals surface area (Å²) < 4.78 is 0. The zero-order chi connectivity index (χ0) is 8.27. The predicted molar refractivity (Wildman–Crippen MR) is 53.4 cm³/mol. The normalized spacial score (nSPS) is 16.4. The number of rotatable bonds is 1. The molecule has 0 unspecified atom stereocenters. The van der Waals surface area contributed by atoms with Crippen LogP contribution in [0.25, 0.3) is 0 Å². The lowest BCUT2D eigenvalue weighted by atomic mass is 10.3. The molecule has 4 nitrogen and oxygen atoms in total. The molecule has 0 spiro atoms. The Kier molecular flexibility index (Phi) is 5.08. The van der Waals surface area contributed by atoms with E-state index in [1.165, 1.54) is 0 Å². The standard InChI is InChI=1S/C6H11N3OS.ClH/c7-5(4-11)9-2-1-8-6(10)3-9;/h7,11H,1-4H2,(H,8,10);1H. The summed E-state index contributed by atoms with van der Waals surface area (Å²) in [6.45, 7) is 1.67. The van der Waals surface area contributed by atoms with E-state index in [9.17, 15) is 4.79 Å². The fourth-order valence-electron chi connectivity index (χ4n) is 0.969. The van der Waals surface area contributed by atoms with Gasteiger partial charge in [0, 0.05) is 18.8 Å². The van der Waals surface area contributed by atoms with Crippen LogP contribution in [0.5, 0.6) is 0 Å². The number of amides is 1. The summed E-state index contributed by atoms with van der Waals surface area (Å²) in [5, 5.41) is 10.1. The Morgan fingerprint density at radius 2 is 2.42 bits per heavy atom. The fourth-order valence-corrected chi connectivity index (χ4v) is 1.17. The molecule has 2 N–H and O–H groups in total. The smallest absolute Gasteiger partial charge is 0.239 e. The summed E-state index contributed by atoms with van der Waals surface area (Å²) in [5.74, 6) is 0.804. The quantitative estimate of drug-likeness (QED) is 0.317. The largest absolute Gasteiger partial charge is 0.353 e.